The highest BCUT2D eigenvalue weighted by molar-refractivity contribution is 7.99. The first-order valence-corrected chi connectivity index (χ1v) is 10.2. The van der Waals surface area contributed by atoms with Crippen molar-refractivity contribution in [2.75, 3.05) is 13.4 Å². The molecule has 0 fully saturated rings. The van der Waals surface area contributed by atoms with Crippen molar-refractivity contribution in [1.82, 2.24) is 9.55 Å². The quantitative estimate of drug-likeness (QED) is 0.406. The average molecular weight is 395 g/mol. The molecular weight excluding hydrogens is 376 g/mol. The van der Waals surface area contributed by atoms with Gasteiger partial charge in [0.2, 0.25) is 4.93 Å². The molecule has 1 aliphatic carbocycles. The molecule has 1 aliphatic rings. The summed E-state index contributed by atoms with van der Waals surface area (Å²) in [5.41, 5.74) is 3.26. The number of hydrogen-bond donors (Lipinski definition) is 0. The number of thiophene rings is 1. The molecule has 5 nitrogen and oxygen atoms in total. The second-order valence-corrected chi connectivity index (χ2v) is 7.91. The van der Waals surface area contributed by atoms with Crippen LogP contribution in [-0.2, 0) is 32.2 Å². The minimum absolute atomic E-state index is 0.259. The first-order valence-electron chi connectivity index (χ1n) is 7.66. The highest BCUT2D eigenvalue weighted by Crippen LogP contribution is 2.44. The van der Waals surface area contributed by atoms with Crippen molar-refractivity contribution in [3.8, 4) is 0 Å². The molecule has 8 heteroatoms. The van der Waals surface area contributed by atoms with Crippen LogP contribution in [0.4, 0.5) is 0 Å². The number of imidazole rings is 1. The first kappa shape index (κ1) is 18.2. The predicted molar refractivity (Wildman–Crippen MR) is 105 cm³/mol. The van der Waals surface area contributed by atoms with Crippen LogP contribution in [0.1, 0.15) is 21.7 Å². The number of thiocarbonyl (C=S) groups is 1. The van der Waals surface area contributed by atoms with E-state index in [9.17, 15) is 4.79 Å². The zero-order valence-corrected chi connectivity index (χ0v) is 16.4. The van der Waals surface area contributed by atoms with Gasteiger partial charge in [-0.15, -0.1) is 23.1 Å². The van der Waals surface area contributed by atoms with Gasteiger partial charge in [-0.1, -0.05) is 0 Å². The summed E-state index contributed by atoms with van der Waals surface area (Å²) >= 11 is 8.21. The number of thioether (sulfide) groups is 1. The molecule has 0 saturated heterocycles. The van der Waals surface area contributed by atoms with E-state index in [1.54, 1.807) is 35.6 Å². The van der Waals surface area contributed by atoms with Crippen LogP contribution >= 0.6 is 35.3 Å². The lowest BCUT2D eigenvalue weighted by molar-refractivity contribution is -0.136. The molecule has 1 atom stereocenters. The fourth-order valence-corrected chi connectivity index (χ4v) is 5.31. The van der Waals surface area contributed by atoms with Gasteiger partial charge in [0, 0.05) is 22.8 Å². The molecular formula is C17H18N2O3S3. The van der Waals surface area contributed by atoms with E-state index in [1.807, 2.05) is 23.1 Å². The topological polar surface area (TPSA) is 53.4 Å². The van der Waals surface area contributed by atoms with Gasteiger partial charge >= 0.3 is 5.97 Å². The third kappa shape index (κ3) is 3.65. The standard InChI is InChI=1S/C17H18N2O3S3/c1-21-16(20)13-4-3-12-8-15(25-14(12)7-13)17(24-2,22-11-23)9-19-6-5-18-10-19/h5-8,10-11H,3-4,9H2,1-2H3. The number of fused-ring (bicyclic) bond motifs is 1. The third-order valence-corrected chi connectivity index (χ3v) is 6.75. The van der Waals surface area contributed by atoms with Gasteiger partial charge in [-0.2, -0.15) is 0 Å². The Bertz CT molecular complexity index is 798. The van der Waals surface area contributed by atoms with E-state index in [4.69, 9.17) is 21.7 Å². The summed E-state index contributed by atoms with van der Waals surface area (Å²) < 4.78 is 12.7. The van der Waals surface area contributed by atoms with E-state index < -0.39 is 4.93 Å². The summed E-state index contributed by atoms with van der Waals surface area (Å²) in [7, 11) is 1.41. The number of rotatable bonds is 7. The Kier molecular flexibility index (Phi) is 5.61. The number of methoxy groups -OCH3 is 1. The summed E-state index contributed by atoms with van der Waals surface area (Å²) in [5, 5.41) is 0. The van der Waals surface area contributed by atoms with Gasteiger partial charge in [-0.05, 0) is 49.0 Å². The maximum absolute atomic E-state index is 11.8. The van der Waals surface area contributed by atoms with E-state index in [1.165, 1.54) is 18.2 Å². The van der Waals surface area contributed by atoms with Crippen molar-refractivity contribution < 1.29 is 14.3 Å². The van der Waals surface area contributed by atoms with Gasteiger partial charge < -0.3 is 14.0 Å². The fourth-order valence-electron chi connectivity index (χ4n) is 2.82. The predicted octanol–water partition coefficient (Wildman–Crippen LogP) is 3.64. The minimum Gasteiger partial charge on any atom is -0.466 e. The Morgan fingerprint density at radius 1 is 1.56 bits per heavy atom. The highest BCUT2D eigenvalue weighted by Gasteiger charge is 2.36. The smallest absolute Gasteiger partial charge is 0.333 e. The van der Waals surface area contributed by atoms with Gasteiger partial charge in [0.25, 0.3) is 0 Å². The minimum atomic E-state index is -0.621. The Labute approximate surface area is 160 Å². The van der Waals surface area contributed by atoms with Gasteiger partial charge in [0.15, 0.2) is 0 Å². The second-order valence-electron chi connectivity index (χ2n) is 5.57. The number of esters is 1. The van der Waals surface area contributed by atoms with Crippen LogP contribution in [0.5, 0.6) is 0 Å². The number of aryl methyl sites for hydroxylation is 1. The lowest BCUT2D eigenvalue weighted by Crippen LogP contribution is -2.29. The van der Waals surface area contributed by atoms with E-state index in [0.717, 1.165) is 16.2 Å². The second kappa shape index (κ2) is 7.72. The monoisotopic (exact) mass is 394 g/mol. The van der Waals surface area contributed by atoms with E-state index >= 15 is 0 Å². The molecule has 0 amide bonds. The van der Waals surface area contributed by atoms with Crippen LogP contribution in [0.3, 0.4) is 0 Å². The molecule has 0 aromatic carbocycles. The van der Waals surface area contributed by atoms with Crippen LogP contribution in [0.25, 0.3) is 6.08 Å². The van der Waals surface area contributed by atoms with Gasteiger partial charge in [-0.25, -0.2) is 9.78 Å². The van der Waals surface area contributed by atoms with E-state index in [2.05, 4.69) is 11.1 Å². The third-order valence-electron chi connectivity index (χ3n) is 4.15. The zero-order valence-electron chi connectivity index (χ0n) is 13.9. The summed E-state index contributed by atoms with van der Waals surface area (Å²) in [5.74, 6) is -0.259. The van der Waals surface area contributed by atoms with Crippen LogP contribution in [0, 0.1) is 0 Å². The van der Waals surface area contributed by atoms with E-state index in [-0.39, 0.29) is 5.97 Å². The zero-order chi connectivity index (χ0) is 17.9. The SMILES string of the molecule is COC(=O)C1=Cc2sc(C(Cn3ccnc3)(OC=S)SC)cc2CC1. The van der Waals surface area contributed by atoms with Crippen molar-refractivity contribution in [3.63, 3.8) is 0 Å². The van der Waals surface area contributed by atoms with Crippen LogP contribution in [-0.4, -0.2) is 34.4 Å². The van der Waals surface area contributed by atoms with Crippen LogP contribution in [0.2, 0.25) is 0 Å². The molecule has 0 saturated carbocycles. The van der Waals surface area contributed by atoms with Gasteiger partial charge in [0.05, 0.1) is 24.9 Å². The van der Waals surface area contributed by atoms with E-state index in [0.29, 0.717) is 18.5 Å². The maximum atomic E-state index is 11.8. The summed E-state index contributed by atoms with van der Waals surface area (Å²) in [4.78, 5) is 17.4. The van der Waals surface area contributed by atoms with Gasteiger partial charge in [0.1, 0.15) is 5.55 Å². The lowest BCUT2D eigenvalue weighted by atomic mass is 9.98. The van der Waals surface area contributed by atoms with Crippen molar-refractivity contribution in [1.29, 1.82) is 0 Å². The number of nitrogens with zero attached hydrogens (tertiary/aromatic N) is 2. The van der Waals surface area contributed by atoms with Crippen molar-refractivity contribution in [2.24, 2.45) is 0 Å². The average Bonchev–Trinajstić information content (AvgIpc) is 3.29. The Hall–Kier alpha value is -1.64. The molecule has 3 rings (SSSR count). The molecule has 132 valence electrons. The highest BCUT2D eigenvalue weighted by atomic mass is 32.2. The van der Waals surface area contributed by atoms with Crippen molar-refractivity contribution in [2.45, 2.75) is 24.3 Å². The molecule has 25 heavy (non-hydrogen) atoms. The first-order chi connectivity index (χ1) is 12.1. The van der Waals surface area contributed by atoms with Crippen LogP contribution in [0.15, 0.2) is 30.4 Å². The molecule has 2 aromatic heterocycles. The number of hydrogen-bond acceptors (Lipinski definition) is 7. The largest absolute Gasteiger partial charge is 0.466 e. The van der Waals surface area contributed by atoms with Gasteiger partial charge in [-0.3, -0.25) is 0 Å². The molecule has 2 aromatic rings. The maximum Gasteiger partial charge on any atom is 0.333 e. The molecule has 0 radical (unpaired) electrons. The summed E-state index contributed by atoms with van der Waals surface area (Å²) in [6.07, 6.45) is 10.9. The molecule has 0 N–H and O–H groups in total. The Balaban J connectivity index is 1.98. The molecule has 1 unspecified atom stereocenters. The number of aromatic nitrogens is 2. The molecule has 0 aliphatic heterocycles. The number of ether oxygens (including phenoxy) is 2. The molecule has 0 bridgehead atoms. The fraction of sp³-hybridized carbons (Fsp3) is 0.353. The Morgan fingerprint density at radius 3 is 3.04 bits per heavy atom. The normalized spacial score (nSPS) is 15.7. The molecule has 2 heterocycles. The van der Waals surface area contributed by atoms with Crippen LogP contribution < -0.4 is 0 Å². The van der Waals surface area contributed by atoms with Crippen molar-refractivity contribution in [3.05, 3.63) is 45.7 Å². The summed E-state index contributed by atoms with van der Waals surface area (Å²) in [6.45, 7) is 0.592. The molecule has 0 spiro atoms. The number of carbonyl (C=O) groups excluding carboxylic acids is 1. The lowest BCUT2D eigenvalue weighted by Gasteiger charge is -2.30. The Morgan fingerprint density at radius 2 is 2.40 bits per heavy atom. The number of carbonyl (C=O) groups is 1. The summed E-state index contributed by atoms with van der Waals surface area (Å²) in [6, 6.07) is 2.16. The van der Waals surface area contributed by atoms with Crippen molar-refractivity contribution >= 4 is 52.9 Å².